The van der Waals surface area contributed by atoms with Crippen LogP contribution < -0.4 is 5.32 Å². The maximum Gasteiger partial charge on any atom is 0.251 e. The highest BCUT2D eigenvalue weighted by molar-refractivity contribution is 9.10. The fourth-order valence-corrected chi connectivity index (χ4v) is 3.41. The largest absolute Gasteiger partial charge is 0.346 e. The van der Waals surface area contributed by atoms with Gasteiger partial charge in [0.25, 0.3) is 5.91 Å². The first kappa shape index (κ1) is 17.7. The topological polar surface area (TPSA) is 63.2 Å². The van der Waals surface area contributed by atoms with E-state index in [1.165, 1.54) is 6.26 Å². The Morgan fingerprint density at radius 1 is 1.17 bits per heavy atom. The fourth-order valence-electron chi connectivity index (χ4n) is 2.19. The number of carbonyl (C=O) groups is 1. The zero-order chi connectivity index (χ0) is 17.0. The molecule has 0 fully saturated rings. The molecule has 0 spiro atoms. The fraction of sp³-hybridized carbons (Fsp3) is 0.235. The molecule has 0 heterocycles. The number of hydrogen-bond acceptors (Lipinski definition) is 3. The lowest BCUT2D eigenvalue weighted by Gasteiger charge is -2.15. The van der Waals surface area contributed by atoms with Crippen LogP contribution >= 0.6 is 15.9 Å². The van der Waals surface area contributed by atoms with Crippen molar-refractivity contribution in [2.75, 3.05) is 6.26 Å². The third-order valence-corrected chi connectivity index (χ3v) is 4.69. The molecule has 0 saturated carbocycles. The molecule has 0 aliphatic heterocycles. The molecular weight excluding hydrogens is 378 g/mol. The molecule has 4 nitrogen and oxygen atoms in total. The Kier molecular flexibility index (Phi) is 5.59. The highest BCUT2D eigenvalue weighted by atomic mass is 79.9. The predicted octanol–water partition coefficient (Wildman–Crippen LogP) is 3.48. The van der Waals surface area contributed by atoms with Gasteiger partial charge < -0.3 is 5.32 Å². The number of benzene rings is 2. The van der Waals surface area contributed by atoms with E-state index in [2.05, 4.69) is 21.2 Å². The quantitative estimate of drug-likeness (QED) is 0.842. The summed E-state index contributed by atoms with van der Waals surface area (Å²) < 4.78 is 23.5. The van der Waals surface area contributed by atoms with Gasteiger partial charge in [0.2, 0.25) is 0 Å². The predicted molar refractivity (Wildman–Crippen MR) is 95.0 cm³/mol. The number of rotatable bonds is 5. The second-order valence-electron chi connectivity index (χ2n) is 5.52. The number of nitrogens with one attached hydrogen (secondary N) is 1. The van der Waals surface area contributed by atoms with Crippen LogP contribution in [-0.2, 0) is 15.6 Å². The lowest BCUT2D eigenvalue weighted by atomic mass is 10.1. The molecule has 0 aromatic heterocycles. The van der Waals surface area contributed by atoms with Gasteiger partial charge in [-0.25, -0.2) is 8.42 Å². The van der Waals surface area contributed by atoms with Gasteiger partial charge in [0.1, 0.15) is 0 Å². The third kappa shape index (κ3) is 5.48. The van der Waals surface area contributed by atoms with Crippen LogP contribution in [0.15, 0.2) is 53.0 Å². The Bertz CT molecular complexity index is 801. The van der Waals surface area contributed by atoms with E-state index in [-0.39, 0.29) is 17.7 Å². The smallest absolute Gasteiger partial charge is 0.251 e. The van der Waals surface area contributed by atoms with Crippen molar-refractivity contribution in [2.24, 2.45) is 0 Å². The highest BCUT2D eigenvalue weighted by Gasteiger charge is 2.12. The van der Waals surface area contributed by atoms with E-state index < -0.39 is 9.84 Å². The van der Waals surface area contributed by atoms with E-state index in [0.717, 1.165) is 10.0 Å². The molecule has 2 aromatic carbocycles. The molecule has 1 N–H and O–H groups in total. The van der Waals surface area contributed by atoms with E-state index in [4.69, 9.17) is 0 Å². The summed E-state index contributed by atoms with van der Waals surface area (Å²) in [6.07, 6.45) is 1.19. The van der Waals surface area contributed by atoms with Crippen molar-refractivity contribution in [2.45, 2.75) is 18.7 Å². The zero-order valence-electron chi connectivity index (χ0n) is 12.9. The number of sulfone groups is 1. The Labute approximate surface area is 145 Å². The van der Waals surface area contributed by atoms with Crippen LogP contribution in [0.4, 0.5) is 0 Å². The first-order valence-corrected chi connectivity index (χ1v) is 9.93. The lowest BCUT2D eigenvalue weighted by Crippen LogP contribution is -2.26. The summed E-state index contributed by atoms with van der Waals surface area (Å²) in [5.41, 5.74) is 2.18. The third-order valence-electron chi connectivity index (χ3n) is 3.34. The van der Waals surface area contributed by atoms with Crippen LogP contribution in [0.1, 0.15) is 34.5 Å². The molecule has 0 bridgehead atoms. The molecule has 23 heavy (non-hydrogen) atoms. The summed E-state index contributed by atoms with van der Waals surface area (Å²) >= 11 is 3.41. The number of halogens is 1. The summed E-state index contributed by atoms with van der Waals surface area (Å²) in [5, 5.41) is 2.93. The van der Waals surface area contributed by atoms with Gasteiger partial charge in [0, 0.05) is 16.3 Å². The van der Waals surface area contributed by atoms with Gasteiger partial charge in [0.05, 0.1) is 11.8 Å². The summed E-state index contributed by atoms with van der Waals surface area (Å²) in [6.45, 7) is 1.91. The Morgan fingerprint density at radius 2 is 1.83 bits per heavy atom. The van der Waals surface area contributed by atoms with Crippen molar-refractivity contribution in [3.63, 3.8) is 0 Å². The van der Waals surface area contributed by atoms with Crippen molar-refractivity contribution < 1.29 is 13.2 Å². The van der Waals surface area contributed by atoms with Gasteiger partial charge >= 0.3 is 0 Å². The van der Waals surface area contributed by atoms with Crippen LogP contribution in [-0.4, -0.2) is 20.6 Å². The molecule has 6 heteroatoms. The minimum atomic E-state index is -3.07. The molecule has 0 radical (unpaired) electrons. The Hall–Kier alpha value is -1.66. The molecule has 122 valence electrons. The van der Waals surface area contributed by atoms with Gasteiger partial charge in [-0.05, 0) is 42.3 Å². The number of amides is 1. The monoisotopic (exact) mass is 395 g/mol. The standard InChI is InChI=1S/C17H18BrNO3S/c1-12(15-4-3-5-16(18)10-15)19-17(20)14-8-6-13(7-9-14)11-23(2,21)22/h3-10,12H,11H2,1-2H3,(H,19,20). The summed E-state index contributed by atoms with van der Waals surface area (Å²) in [4.78, 5) is 12.3. The van der Waals surface area contributed by atoms with Gasteiger partial charge in [-0.1, -0.05) is 40.2 Å². The van der Waals surface area contributed by atoms with Crippen molar-refractivity contribution in [1.29, 1.82) is 0 Å². The molecule has 2 rings (SSSR count). The van der Waals surface area contributed by atoms with E-state index in [9.17, 15) is 13.2 Å². The van der Waals surface area contributed by atoms with E-state index in [1.54, 1.807) is 24.3 Å². The maximum absolute atomic E-state index is 12.3. The summed E-state index contributed by atoms with van der Waals surface area (Å²) in [7, 11) is -3.07. The second kappa shape index (κ2) is 7.27. The average molecular weight is 396 g/mol. The number of hydrogen-bond donors (Lipinski definition) is 1. The van der Waals surface area contributed by atoms with E-state index >= 15 is 0 Å². The van der Waals surface area contributed by atoms with Crippen LogP contribution in [0.5, 0.6) is 0 Å². The van der Waals surface area contributed by atoms with Gasteiger partial charge in [-0.2, -0.15) is 0 Å². The molecule has 0 aliphatic carbocycles. The highest BCUT2D eigenvalue weighted by Crippen LogP contribution is 2.18. The molecular formula is C17H18BrNO3S. The minimum absolute atomic E-state index is 0.0245. The molecule has 1 amide bonds. The minimum Gasteiger partial charge on any atom is -0.346 e. The second-order valence-corrected chi connectivity index (χ2v) is 8.57. The van der Waals surface area contributed by atoms with Crippen LogP contribution in [0.25, 0.3) is 0 Å². The summed E-state index contributed by atoms with van der Waals surface area (Å²) in [6, 6.07) is 14.2. The number of carbonyl (C=O) groups excluding carboxylic acids is 1. The van der Waals surface area contributed by atoms with Gasteiger partial charge in [-0.15, -0.1) is 0 Å². The zero-order valence-corrected chi connectivity index (χ0v) is 15.3. The van der Waals surface area contributed by atoms with Gasteiger partial charge in [-0.3, -0.25) is 4.79 Å². The van der Waals surface area contributed by atoms with E-state index in [0.29, 0.717) is 11.1 Å². The molecule has 1 atom stereocenters. The van der Waals surface area contributed by atoms with Crippen molar-refractivity contribution >= 4 is 31.7 Å². The van der Waals surface area contributed by atoms with Crippen molar-refractivity contribution in [3.05, 3.63) is 69.7 Å². The van der Waals surface area contributed by atoms with Crippen LogP contribution in [0.2, 0.25) is 0 Å². The van der Waals surface area contributed by atoms with Crippen LogP contribution in [0, 0.1) is 0 Å². The normalized spacial score (nSPS) is 12.7. The van der Waals surface area contributed by atoms with E-state index in [1.807, 2.05) is 31.2 Å². The molecule has 0 aliphatic rings. The van der Waals surface area contributed by atoms with Crippen molar-refractivity contribution in [1.82, 2.24) is 5.32 Å². The Balaban J connectivity index is 2.06. The molecule has 1 unspecified atom stereocenters. The maximum atomic E-state index is 12.3. The molecule has 2 aromatic rings. The molecule has 0 saturated heterocycles. The van der Waals surface area contributed by atoms with Crippen molar-refractivity contribution in [3.8, 4) is 0 Å². The average Bonchev–Trinajstić information content (AvgIpc) is 2.46. The Morgan fingerprint density at radius 3 is 2.39 bits per heavy atom. The summed E-state index contributed by atoms with van der Waals surface area (Å²) in [5.74, 6) is -0.216. The van der Waals surface area contributed by atoms with Gasteiger partial charge in [0.15, 0.2) is 9.84 Å². The SMILES string of the molecule is CC(NC(=O)c1ccc(CS(C)(=O)=O)cc1)c1cccc(Br)c1. The lowest BCUT2D eigenvalue weighted by molar-refractivity contribution is 0.0940. The first-order chi connectivity index (χ1) is 10.7. The first-order valence-electron chi connectivity index (χ1n) is 7.07. The van der Waals surface area contributed by atoms with Crippen LogP contribution in [0.3, 0.4) is 0 Å².